The smallest absolute Gasteiger partial charge is 0.244 e. The summed E-state index contributed by atoms with van der Waals surface area (Å²) in [5, 5.41) is 3.57. The minimum Gasteiger partial charge on any atom is -0.310 e. The zero-order chi connectivity index (χ0) is 15.6. The summed E-state index contributed by atoms with van der Waals surface area (Å²) in [4.78, 5) is 0.210. The Labute approximate surface area is 132 Å². The Bertz CT molecular complexity index is 598. The molecule has 21 heavy (non-hydrogen) atoms. The van der Waals surface area contributed by atoms with Crippen molar-refractivity contribution in [1.82, 2.24) is 9.62 Å². The highest BCUT2D eigenvalue weighted by atomic mass is 35.5. The van der Waals surface area contributed by atoms with Gasteiger partial charge in [-0.15, -0.1) is 0 Å². The Morgan fingerprint density at radius 2 is 2.05 bits per heavy atom. The van der Waals surface area contributed by atoms with Gasteiger partial charge in [0.1, 0.15) is 4.90 Å². The van der Waals surface area contributed by atoms with E-state index in [-0.39, 0.29) is 16.0 Å². The van der Waals surface area contributed by atoms with Crippen molar-refractivity contribution in [2.75, 3.05) is 7.05 Å². The molecule has 1 aliphatic rings. The third-order valence-electron chi connectivity index (χ3n) is 3.96. The average Bonchev–Trinajstić information content (AvgIpc) is 2.35. The molecule has 0 bridgehead atoms. The molecular weight excluding hydrogens is 308 g/mol. The van der Waals surface area contributed by atoms with Gasteiger partial charge in [0.05, 0.1) is 5.02 Å². The van der Waals surface area contributed by atoms with Gasteiger partial charge in [-0.05, 0) is 30.5 Å². The molecule has 0 aromatic heterocycles. The highest BCUT2D eigenvalue weighted by Crippen LogP contribution is 2.31. The molecule has 0 amide bonds. The van der Waals surface area contributed by atoms with Gasteiger partial charge >= 0.3 is 0 Å². The molecule has 1 aromatic rings. The van der Waals surface area contributed by atoms with E-state index in [2.05, 4.69) is 19.2 Å². The molecule has 0 saturated heterocycles. The Morgan fingerprint density at radius 3 is 2.57 bits per heavy atom. The van der Waals surface area contributed by atoms with Gasteiger partial charge in [-0.3, -0.25) is 0 Å². The van der Waals surface area contributed by atoms with E-state index in [1.54, 1.807) is 19.2 Å². The summed E-state index contributed by atoms with van der Waals surface area (Å²) >= 11 is 6.13. The fourth-order valence-electron chi connectivity index (χ4n) is 2.28. The molecule has 2 rings (SSSR count). The first kappa shape index (κ1) is 16.7. The molecule has 0 unspecified atom stereocenters. The van der Waals surface area contributed by atoms with Crippen LogP contribution in [0, 0.1) is 0 Å². The minimum atomic E-state index is -3.52. The number of nitrogens with one attached hydrogen (secondary N) is 1. The minimum absolute atomic E-state index is 0.114. The van der Waals surface area contributed by atoms with Gasteiger partial charge in [0.2, 0.25) is 10.0 Å². The Kier molecular flexibility index (Phi) is 5.30. The maximum atomic E-state index is 12.7. The van der Waals surface area contributed by atoms with Crippen LogP contribution in [-0.2, 0) is 16.6 Å². The third kappa shape index (κ3) is 3.77. The molecule has 1 saturated carbocycles. The normalized spacial score (nSPS) is 16.5. The quantitative estimate of drug-likeness (QED) is 0.872. The maximum Gasteiger partial charge on any atom is 0.244 e. The van der Waals surface area contributed by atoms with Crippen LogP contribution in [-0.4, -0.2) is 31.9 Å². The lowest BCUT2D eigenvalue weighted by Gasteiger charge is -2.34. The summed E-state index contributed by atoms with van der Waals surface area (Å²) < 4.78 is 26.9. The van der Waals surface area contributed by atoms with Gasteiger partial charge in [0.25, 0.3) is 0 Å². The van der Waals surface area contributed by atoms with E-state index >= 15 is 0 Å². The molecule has 0 aliphatic heterocycles. The van der Waals surface area contributed by atoms with Crippen LogP contribution in [0.2, 0.25) is 5.02 Å². The predicted molar refractivity (Wildman–Crippen MR) is 86.0 cm³/mol. The van der Waals surface area contributed by atoms with Crippen LogP contribution in [0.25, 0.3) is 0 Å². The number of halogens is 1. The molecule has 0 radical (unpaired) electrons. The molecule has 1 aliphatic carbocycles. The van der Waals surface area contributed by atoms with Gasteiger partial charge in [-0.1, -0.05) is 37.9 Å². The Morgan fingerprint density at radius 1 is 1.38 bits per heavy atom. The van der Waals surface area contributed by atoms with E-state index in [0.717, 1.165) is 24.8 Å². The van der Waals surface area contributed by atoms with E-state index in [0.29, 0.717) is 12.6 Å². The largest absolute Gasteiger partial charge is 0.310 e. The molecule has 1 N–H and O–H groups in total. The van der Waals surface area contributed by atoms with Gasteiger partial charge in [0, 0.05) is 25.7 Å². The summed E-state index contributed by atoms with van der Waals surface area (Å²) in [5.74, 6) is 0. The lowest BCUT2D eigenvalue weighted by Crippen LogP contribution is -2.41. The highest BCUT2D eigenvalue weighted by molar-refractivity contribution is 7.89. The zero-order valence-corrected chi connectivity index (χ0v) is 14.3. The fraction of sp³-hybridized carbons (Fsp3) is 0.600. The van der Waals surface area contributed by atoms with E-state index in [9.17, 15) is 8.42 Å². The van der Waals surface area contributed by atoms with Crippen molar-refractivity contribution in [3.8, 4) is 0 Å². The number of rotatable bonds is 6. The standard InChI is InChI=1S/C15H23ClN2O2S/c1-11(2)17-10-12-7-8-14(16)15(9-12)21(19,20)18(3)13-5-4-6-13/h7-9,11,13,17H,4-6,10H2,1-3H3. The molecule has 118 valence electrons. The number of nitrogens with zero attached hydrogens (tertiary/aromatic N) is 1. The fourth-order valence-corrected chi connectivity index (χ4v) is 4.22. The van der Waals surface area contributed by atoms with Gasteiger partial charge in [-0.2, -0.15) is 4.31 Å². The zero-order valence-electron chi connectivity index (χ0n) is 12.8. The second-order valence-corrected chi connectivity index (χ2v) is 8.28. The van der Waals surface area contributed by atoms with Crippen molar-refractivity contribution in [2.24, 2.45) is 0 Å². The van der Waals surface area contributed by atoms with Crippen molar-refractivity contribution >= 4 is 21.6 Å². The summed E-state index contributed by atoms with van der Waals surface area (Å²) in [6, 6.07) is 5.67. The van der Waals surface area contributed by atoms with E-state index < -0.39 is 10.0 Å². The monoisotopic (exact) mass is 330 g/mol. The molecular formula is C15H23ClN2O2S. The van der Waals surface area contributed by atoms with Crippen molar-refractivity contribution in [1.29, 1.82) is 0 Å². The van der Waals surface area contributed by atoms with E-state index in [4.69, 9.17) is 11.6 Å². The topological polar surface area (TPSA) is 49.4 Å². The number of hydrogen-bond acceptors (Lipinski definition) is 3. The SMILES string of the molecule is CC(C)NCc1ccc(Cl)c(S(=O)(=O)N(C)C2CCC2)c1. The molecule has 0 spiro atoms. The van der Waals surface area contributed by atoms with Crippen LogP contribution in [0.1, 0.15) is 38.7 Å². The first-order chi connectivity index (χ1) is 9.82. The van der Waals surface area contributed by atoms with Crippen LogP contribution in [0.4, 0.5) is 0 Å². The summed E-state index contributed by atoms with van der Waals surface area (Å²) in [7, 11) is -1.87. The molecule has 1 aromatic carbocycles. The van der Waals surface area contributed by atoms with Crippen LogP contribution < -0.4 is 5.32 Å². The summed E-state index contributed by atoms with van der Waals surface area (Å²) in [5.41, 5.74) is 0.925. The van der Waals surface area contributed by atoms with E-state index in [1.165, 1.54) is 4.31 Å². The second kappa shape index (κ2) is 6.65. The molecule has 4 nitrogen and oxygen atoms in total. The van der Waals surface area contributed by atoms with Gasteiger partial charge < -0.3 is 5.32 Å². The van der Waals surface area contributed by atoms with Gasteiger partial charge in [0.15, 0.2) is 0 Å². The maximum absolute atomic E-state index is 12.7. The Hall–Kier alpha value is -0.620. The summed E-state index contributed by atoms with van der Waals surface area (Å²) in [6.07, 6.45) is 2.96. The van der Waals surface area contributed by atoms with E-state index in [1.807, 2.05) is 6.07 Å². The molecule has 0 heterocycles. The van der Waals surface area contributed by atoms with Gasteiger partial charge in [-0.25, -0.2) is 8.42 Å². The van der Waals surface area contributed by atoms with Crippen LogP contribution in [0.5, 0.6) is 0 Å². The van der Waals surface area contributed by atoms with Crippen LogP contribution in [0.3, 0.4) is 0 Å². The molecule has 6 heteroatoms. The van der Waals surface area contributed by atoms with Crippen molar-refractivity contribution in [2.45, 2.75) is 56.6 Å². The lowest BCUT2D eigenvalue weighted by atomic mass is 9.94. The number of sulfonamides is 1. The predicted octanol–water partition coefficient (Wildman–Crippen LogP) is 3.01. The number of benzene rings is 1. The summed E-state index contributed by atoms with van der Waals surface area (Å²) in [6.45, 7) is 4.74. The van der Waals surface area contributed by atoms with Crippen LogP contribution in [0.15, 0.2) is 23.1 Å². The molecule has 0 atom stereocenters. The Balaban J connectivity index is 2.26. The average molecular weight is 331 g/mol. The third-order valence-corrected chi connectivity index (χ3v) is 6.35. The first-order valence-corrected chi connectivity index (χ1v) is 9.14. The first-order valence-electron chi connectivity index (χ1n) is 7.32. The second-order valence-electron chi connectivity index (χ2n) is 5.91. The lowest BCUT2D eigenvalue weighted by molar-refractivity contribution is 0.249. The van der Waals surface area contributed by atoms with Crippen LogP contribution >= 0.6 is 11.6 Å². The number of hydrogen-bond donors (Lipinski definition) is 1. The molecule has 1 fully saturated rings. The van der Waals surface area contributed by atoms with Crippen molar-refractivity contribution < 1.29 is 8.42 Å². The van der Waals surface area contributed by atoms with Crippen molar-refractivity contribution in [3.63, 3.8) is 0 Å². The van der Waals surface area contributed by atoms with Crippen molar-refractivity contribution in [3.05, 3.63) is 28.8 Å². The highest BCUT2D eigenvalue weighted by Gasteiger charge is 2.33.